The van der Waals surface area contributed by atoms with Crippen molar-refractivity contribution in [1.29, 1.82) is 0 Å². The van der Waals surface area contributed by atoms with Gasteiger partial charge in [0.15, 0.2) is 5.82 Å². The molecule has 0 aliphatic carbocycles. The molecule has 0 saturated heterocycles. The third kappa shape index (κ3) is 7.97. The van der Waals surface area contributed by atoms with Gasteiger partial charge in [0.2, 0.25) is 0 Å². The lowest BCUT2D eigenvalue weighted by atomic mass is 9.33. The van der Waals surface area contributed by atoms with Crippen LogP contribution >= 0.6 is 0 Å². The van der Waals surface area contributed by atoms with Gasteiger partial charge < -0.3 is 9.80 Å². The number of rotatable bonds is 9. The molecule has 5 nitrogen and oxygen atoms in total. The topological polar surface area (TPSA) is 45.2 Å². The predicted molar refractivity (Wildman–Crippen MR) is 312 cm³/mol. The van der Waals surface area contributed by atoms with Gasteiger partial charge >= 0.3 is 0 Å². The first kappa shape index (κ1) is 43.8. The fraction of sp³-hybridized carbons (Fsp3) is 0. The quantitative estimate of drug-likeness (QED) is 0.135. The summed E-state index contributed by atoms with van der Waals surface area (Å²) < 4.78 is 0. The summed E-state index contributed by atoms with van der Waals surface area (Å²) in [6, 6.07) is 97.4. The Morgan fingerprint density at radius 1 is 0.253 bits per heavy atom. The lowest BCUT2D eigenvalue weighted by molar-refractivity contribution is 1.05. The van der Waals surface area contributed by atoms with E-state index in [1.54, 1.807) is 12.7 Å². The normalized spacial score (nSPS) is 12.2. The second kappa shape index (κ2) is 18.6. The zero-order valence-electron chi connectivity index (χ0n) is 40.9. The zero-order chi connectivity index (χ0) is 49.7. The van der Waals surface area contributed by atoms with Crippen molar-refractivity contribution in [2.45, 2.75) is 0 Å². The molecular weight excluding hydrogens is 910 g/mol. The van der Waals surface area contributed by atoms with Gasteiger partial charge in [-0.3, -0.25) is 0 Å². The summed E-state index contributed by atoms with van der Waals surface area (Å²) in [6.45, 7) is -0.177. The highest BCUT2D eigenvalue weighted by molar-refractivity contribution is 7.00. The maximum absolute atomic E-state index is 4.84. The molecule has 0 spiro atoms. The summed E-state index contributed by atoms with van der Waals surface area (Å²) >= 11 is 0. The Hall–Kier alpha value is -9.91. The van der Waals surface area contributed by atoms with E-state index in [-0.39, 0.29) is 6.71 Å². The van der Waals surface area contributed by atoms with Gasteiger partial charge in [0.1, 0.15) is 12.7 Å². The summed E-state index contributed by atoms with van der Waals surface area (Å²) in [7, 11) is 0. The molecule has 2 aliphatic heterocycles. The van der Waals surface area contributed by atoms with Gasteiger partial charge in [0.05, 0.1) is 0 Å². The second-order valence-corrected chi connectivity index (χ2v) is 19.3. The molecule has 75 heavy (non-hydrogen) atoms. The number of hydrogen-bond acceptors (Lipinski definition) is 5. The van der Waals surface area contributed by atoms with Gasteiger partial charge in [-0.15, -0.1) is 0 Å². The third-order valence-electron chi connectivity index (χ3n) is 14.8. The number of anilines is 6. The predicted octanol–water partition coefficient (Wildman–Crippen LogP) is 15.6. The van der Waals surface area contributed by atoms with Gasteiger partial charge in [-0.2, -0.15) is 0 Å². The Balaban J connectivity index is 1.11. The van der Waals surface area contributed by atoms with Crippen LogP contribution in [0.4, 0.5) is 34.1 Å². The molecule has 14 rings (SSSR count). The monoisotopic (exact) mass is 955 g/mol. The Morgan fingerprint density at radius 3 is 0.907 bits per heavy atom. The van der Waals surface area contributed by atoms with Crippen molar-refractivity contribution in [2.24, 2.45) is 0 Å². The first-order valence-corrected chi connectivity index (χ1v) is 25.5. The van der Waals surface area contributed by atoms with E-state index in [0.717, 1.165) is 95.3 Å². The minimum atomic E-state index is -0.177. The molecule has 0 bridgehead atoms. The molecule has 0 N–H and O–H groups in total. The van der Waals surface area contributed by atoms with Gasteiger partial charge in [-0.25, -0.2) is 15.0 Å². The minimum Gasteiger partial charge on any atom is -0.311 e. The Kier molecular flexibility index (Phi) is 10.9. The first-order valence-electron chi connectivity index (χ1n) is 25.5. The van der Waals surface area contributed by atoms with Crippen molar-refractivity contribution in [3.63, 3.8) is 0 Å². The van der Waals surface area contributed by atoms with Gasteiger partial charge in [-0.05, 0) is 144 Å². The summed E-state index contributed by atoms with van der Waals surface area (Å²) in [5.41, 5.74) is 24.7. The molecule has 0 radical (unpaired) electrons. The molecule has 0 atom stereocenters. The van der Waals surface area contributed by atoms with Crippen molar-refractivity contribution < 1.29 is 0 Å². The fourth-order valence-corrected chi connectivity index (χ4v) is 11.4. The molecule has 1 aromatic heterocycles. The van der Waals surface area contributed by atoms with E-state index in [4.69, 9.17) is 9.97 Å². The maximum atomic E-state index is 4.84. The zero-order valence-corrected chi connectivity index (χ0v) is 40.9. The molecule has 3 heterocycles. The Labute approximate surface area is 437 Å². The van der Waals surface area contributed by atoms with Crippen molar-refractivity contribution in [1.82, 2.24) is 15.0 Å². The lowest BCUT2D eigenvalue weighted by Gasteiger charge is -2.45. The average molecular weight is 956 g/mol. The van der Waals surface area contributed by atoms with E-state index in [1.165, 1.54) is 27.5 Å². The van der Waals surface area contributed by atoms with Crippen LogP contribution < -0.4 is 26.2 Å². The van der Waals surface area contributed by atoms with Crippen molar-refractivity contribution >= 4 is 57.2 Å². The smallest absolute Gasteiger partial charge is 0.252 e. The molecular formula is C69H46BN5. The van der Waals surface area contributed by atoms with Crippen molar-refractivity contribution in [2.75, 3.05) is 9.80 Å². The summed E-state index contributed by atoms with van der Waals surface area (Å²) in [5.74, 6) is 0.599. The molecule has 350 valence electrons. The molecule has 0 amide bonds. The van der Waals surface area contributed by atoms with E-state index in [2.05, 4.69) is 282 Å². The number of hydrogen-bond donors (Lipinski definition) is 0. The van der Waals surface area contributed by atoms with E-state index >= 15 is 0 Å². The number of fused-ring (bicyclic) bond motifs is 4. The van der Waals surface area contributed by atoms with Crippen molar-refractivity contribution in [3.8, 4) is 78.1 Å². The highest BCUT2D eigenvalue weighted by Crippen LogP contribution is 2.49. The number of nitrogens with zero attached hydrogens (tertiary/aromatic N) is 5. The molecule has 12 aromatic rings. The van der Waals surface area contributed by atoms with E-state index in [1.807, 2.05) is 0 Å². The first-order chi connectivity index (χ1) is 37.2. The molecule has 2 aliphatic rings. The van der Waals surface area contributed by atoms with Crippen LogP contribution in [0.1, 0.15) is 0 Å². The van der Waals surface area contributed by atoms with Gasteiger partial charge in [-0.1, -0.05) is 206 Å². The standard InChI is InChI=1S/C69H46BN5/c1-7-19-47(20-8-1)53-31-33-64-62(41-53)70-63-42-54(48-21-9-2-10-22-48)32-34-65(63)75(61-39-57(51-27-15-5-16-28-51)36-58(40-61)52-29-17-6-18-30-52)67-44-59(69-72-45-71-46-73-69)43-66(68(67)70)74(64)60-37-55(49-23-11-3-12-24-49)35-56(38-60)50-25-13-4-14-26-50/h1-46H. The fourth-order valence-electron chi connectivity index (χ4n) is 11.4. The van der Waals surface area contributed by atoms with Crippen LogP contribution in [0.25, 0.3) is 78.1 Å². The van der Waals surface area contributed by atoms with Crippen LogP contribution in [0.5, 0.6) is 0 Å². The molecule has 6 heteroatoms. The van der Waals surface area contributed by atoms with Gasteiger partial charge in [0, 0.05) is 39.7 Å². The second-order valence-electron chi connectivity index (χ2n) is 19.3. The van der Waals surface area contributed by atoms with Crippen LogP contribution in [0.15, 0.2) is 280 Å². The van der Waals surface area contributed by atoms with Crippen molar-refractivity contribution in [3.05, 3.63) is 280 Å². The Bertz CT molecular complexity index is 3690. The SMILES string of the molecule is c1ccc(-c2cc(-c3ccccc3)cc(N3c4ccc(-c5ccccc5)cc4B4c5cc(-c6ccccc6)ccc5N(c5cc(-c6ccccc6)cc(-c6ccccc6)c5)c5cc(-c6ncncn6)cc3c54)c2)cc1. The molecule has 0 unspecified atom stereocenters. The largest absolute Gasteiger partial charge is 0.311 e. The summed E-state index contributed by atoms with van der Waals surface area (Å²) in [4.78, 5) is 19.0. The van der Waals surface area contributed by atoms with E-state index < -0.39 is 0 Å². The third-order valence-corrected chi connectivity index (χ3v) is 14.8. The Morgan fingerprint density at radius 2 is 0.573 bits per heavy atom. The lowest BCUT2D eigenvalue weighted by Crippen LogP contribution is -2.61. The maximum Gasteiger partial charge on any atom is 0.252 e. The van der Waals surface area contributed by atoms with Crippen LogP contribution in [-0.4, -0.2) is 21.7 Å². The van der Waals surface area contributed by atoms with E-state index in [0.29, 0.717) is 5.82 Å². The number of benzene rings is 11. The van der Waals surface area contributed by atoms with Crippen LogP contribution in [-0.2, 0) is 0 Å². The summed E-state index contributed by atoms with van der Waals surface area (Å²) in [5, 5.41) is 0. The van der Waals surface area contributed by atoms with E-state index in [9.17, 15) is 0 Å². The molecule has 0 fully saturated rings. The highest BCUT2D eigenvalue weighted by atomic mass is 15.2. The highest BCUT2D eigenvalue weighted by Gasteiger charge is 2.44. The van der Waals surface area contributed by atoms with Gasteiger partial charge in [0.25, 0.3) is 6.71 Å². The number of aromatic nitrogens is 3. The van der Waals surface area contributed by atoms with Crippen LogP contribution in [0.3, 0.4) is 0 Å². The van der Waals surface area contributed by atoms with Crippen LogP contribution in [0.2, 0.25) is 0 Å². The molecule has 11 aromatic carbocycles. The average Bonchev–Trinajstić information content (AvgIpc) is 3.51. The van der Waals surface area contributed by atoms with Crippen LogP contribution in [0, 0.1) is 0 Å². The minimum absolute atomic E-state index is 0.177. The summed E-state index contributed by atoms with van der Waals surface area (Å²) in [6.07, 6.45) is 3.19. The molecule has 0 saturated carbocycles.